The SMILES string of the molecule is Cc1cc(NC(=O)Nc2ccc(-c3cc(C(=O)Nc4ccn[nH]4)ccc3OCCCN3CCCC3)cc2)no1. The number of hydrogen-bond donors (Lipinski definition) is 4. The van der Waals surface area contributed by atoms with Crippen LogP contribution in [0, 0.1) is 6.92 Å². The zero-order chi connectivity index (χ0) is 27.0. The van der Waals surface area contributed by atoms with Gasteiger partial charge in [-0.3, -0.25) is 15.2 Å². The molecule has 2 aromatic carbocycles. The second-order valence-corrected chi connectivity index (χ2v) is 9.37. The summed E-state index contributed by atoms with van der Waals surface area (Å²) in [6.07, 6.45) is 5.02. The monoisotopic (exact) mass is 529 g/mol. The van der Waals surface area contributed by atoms with Gasteiger partial charge in [-0.2, -0.15) is 5.10 Å². The Labute approximate surface area is 225 Å². The maximum absolute atomic E-state index is 12.9. The van der Waals surface area contributed by atoms with Gasteiger partial charge in [-0.15, -0.1) is 0 Å². The van der Waals surface area contributed by atoms with Crippen molar-refractivity contribution in [2.75, 3.05) is 42.2 Å². The van der Waals surface area contributed by atoms with Gasteiger partial charge in [0.05, 0.1) is 12.8 Å². The smallest absolute Gasteiger partial charge is 0.324 e. The van der Waals surface area contributed by atoms with E-state index < -0.39 is 6.03 Å². The molecule has 1 aliphatic rings. The number of ether oxygens (including phenoxy) is 1. The topological polar surface area (TPSA) is 137 Å². The number of carbonyl (C=O) groups excluding carboxylic acids is 2. The first-order valence-corrected chi connectivity index (χ1v) is 13.0. The Hall–Kier alpha value is -4.64. The number of nitrogens with zero attached hydrogens (tertiary/aromatic N) is 3. The van der Waals surface area contributed by atoms with E-state index in [1.54, 1.807) is 43.5 Å². The fraction of sp³-hybridized carbons (Fsp3) is 0.286. The van der Waals surface area contributed by atoms with Crippen molar-refractivity contribution in [1.29, 1.82) is 0 Å². The molecule has 1 aliphatic heterocycles. The van der Waals surface area contributed by atoms with E-state index in [4.69, 9.17) is 9.26 Å². The molecule has 0 spiro atoms. The van der Waals surface area contributed by atoms with Crippen molar-refractivity contribution in [3.8, 4) is 16.9 Å². The van der Waals surface area contributed by atoms with Gasteiger partial charge in [-0.1, -0.05) is 17.3 Å². The van der Waals surface area contributed by atoms with E-state index in [0.717, 1.165) is 37.2 Å². The first kappa shape index (κ1) is 26.0. The second-order valence-electron chi connectivity index (χ2n) is 9.37. The minimum absolute atomic E-state index is 0.265. The molecule has 1 fully saturated rings. The summed E-state index contributed by atoms with van der Waals surface area (Å²) in [6.45, 7) is 5.64. The Kier molecular flexibility index (Phi) is 8.18. The standard InChI is InChI=1S/C28H31N7O4/c1-19-17-26(34-39-19)32-28(37)30-22-8-5-20(6-9-22)23-18-21(27(36)31-25-11-12-29-33-25)7-10-24(23)38-16-4-15-35-13-2-3-14-35/h5-12,17-18H,2-4,13-16H2,1H3,(H2,29,31,33,36)(H2,30,32,34,37). The molecule has 11 nitrogen and oxygen atoms in total. The average Bonchev–Trinajstić information content (AvgIpc) is 3.72. The Morgan fingerprint density at radius 3 is 2.56 bits per heavy atom. The van der Waals surface area contributed by atoms with Gasteiger partial charge in [0.1, 0.15) is 17.3 Å². The fourth-order valence-corrected chi connectivity index (χ4v) is 4.46. The van der Waals surface area contributed by atoms with Gasteiger partial charge < -0.3 is 24.8 Å². The number of nitrogens with one attached hydrogen (secondary N) is 4. The third-order valence-corrected chi connectivity index (χ3v) is 6.39. The number of amides is 3. The van der Waals surface area contributed by atoms with Crippen LogP contribution in [0.3, 0.4) is 0 Å². The van der Waals surface area contributed by atoms with Crippen LogP contribution in [0.2, 0.25) is 0 Å². The van der Waals surface area contributed by atoms with Gasteiger partial charge >= 0.3 is 6.03 Å². The van der Waals surface area contributed by atoms with Gasteiger partial charge in [0.2, 0.25) is 0 Å². The summed E-state index contributed by atoms with van der Waals surface area (Å²) >= 11 is 0. The third-order valence-electron chi connectivity index (χ3n) is 6.39. The summed E-state index contributed by atoms with van der Waals surface area (Å²) in [5.41, 5.74) is 2.70. The van der Waals surface area contributed by atoms with Crippen LogP contribution in [-0.4, -0.2) is 58.4 Å². The van der Waals surface area contributed by atoms with Gasteiger partial charge in [0.25, 0.3) is 5.91 Å². The lowest BCUT2D eigenvalue weighted by atomic mass is 10.0. The van der Waals surface area contributed by atoms with Gasteiger partial charge in [-0.25, -0.2) is 4.79 Å². The highest BCUT2D eigenvalue weighted by Crippen LogP contribution is 2.32. The summed E-state index contributed by atoms with van der Waals surface area (Å²) in [4.78, 5) is 27.6. The van der Waals surface area contributed by atoms with Crippen LogP contribution >= 0.6 is 0 Å². The molecule has 3 amide bonds. The number of likely N-dealkylation sites (tertiary alicyclic amines) is 1. The maximum Gasteiger partial charge on any atom is 0.324 e. The quantitative estimate of drug-likeness (QED) is 0.209. The highest BCUT2D eigenvalue weighted by atomic mass is 16.5. The van der Waals surface area contributed by atoms with Crippen LogP contribution in [0.1, 0.15) is 35.4 Å². The van der Waals surface area contributed by atoms with Crippen molar-refractivity contribution in [1.82, 2.24) is 20.3 Å². The van der Waals surface area contributed by atoms with Crippen LogP contribution in [0.4, 0.5) is 22.1 Å². The Balaban J connectivity index is 1.29. The Morgan fingerprint density at radius 1 is 1.03 bits per heavy atom. The minimum atomic E-state index is -0.435. The van der Waals surface area contributed by atoms with Gasteiger partial charge in [-0.05, 0) is 75.2 Å². The molecule has 0 atom stereocenters. The molecule has 3 heterocycles. The number of H-pyrrole nitrogens is 1. The van der Waals surface area contributed by atoms with Crippen LogP contribution in [0.15, 0.2) is 65.3 Å². The predicted molar refractivity (Wildman–Crippen MR) is 148 cm³/mol. The van der Waals surface area contributed by atoms with Crippen LogP contribution in [0.5, 0.6) is 5.75 Å². The number of urea groups is 1. The predicted octanol–water partition coefficient (Wildman–Crippen LogP) is 5.13. The van der Waals surface area contributed by atoms with Crippen LogP contribution in [-0.2, 0) is 0 Å². The summed E-state index contributed by atoms with van der Waals surface area (Å²) in [6, 6.07) is 15.6. The molecule has 2 aromatic heterocycles. The zero-order valence-corrected chi connectivity index (χ0v) is 21.7. The summed E-state index contributed by atoms with van der Waals surface area (Å²) in [7, 11) is 0. The molecule has 0 aliphatic carbocycles. The average molecular weight is 530 g/mol. The van der Waals surface area contributed by atoms with E-state index in [0.29, 0.717) is 41.0 Å². The normalized spacial score (nSPS) is 13.3. The highest BCUT2D eigenvalue weighted by molar-refractivity contribution is 6.05. The number of aromatic nitrogens is 3. The molecule has 11 heteroatoms. The fourth-order valence-electron chi connectivity index (χ4n) is 4.46. The molecule has 4 aromatic rings. The summed E-state index contributed by atoms with van der Waals surface area (Å²) in [5, 5.41) is 18.6. The first-order chi connectivity index (χ1) is 19.0. The molecule has 0 unspecified atom stereocenters. The lowest BCUT2D eigenvalue weighted by Gasteiger charge is -2.17. The molecular formula is C28H31N7O4. The van der Waals surface area contributed by atoms with Crippen LogP contribution < -0.4 is 20.7 Å². The van der Waals surface area contributed by atoms with Gasteiger partial charge in [0, 0.05) is 35.5 Å². The molecule has 0 bridgehead atoms. The lowest BCUT2D eigenvalue weighted by molar-refractivity contribution is 0.102. The van der Waals surface area contributed by atoms with E-state index in [1.165, 1.54) is 12.8 Å². The summed E-state index contributed by atoms with van der Waals surface area (Å²) < 4.78 is 11.2. The maximum atomic E-state index is 12.9. The number of aromatic amines is 1. The molecule has 1 saturated heterocycles. The van der Waals surface area contributed by atoms with E-state index in [1.807, 2.05) is 24.3 Å². The largest absolute Gasteiger partial charge is 0.493 e. The van der Waals surface area contributed by atoms with E-state index in [2.05, 4.69) is 36.2 Å². The van der Waals surface area contributed by atoms with Crippen molar-refractivity contribution >= 4 is 29.3 Å². The summed E-state index contributed by atoms with van der Waals surface area (Å²) in [5.74, 6) is 1.87. The highest BCUT2D eigenvalue weighted by Gasteiger charge is 2.15. The van der Waals surface area contributed by atoms with E-state index in [-0.39, 0.29) is 5.91 Å². The number of carbonyl (C=O) groups is 2. The van der Waals surface area contributed by atoms with E-state index >= 15 is 0 Å². The van der Waals surface area contributed by atoms with Crippen molar-refractivity contribution in [3.63, 3.8) is 0 Å². The molecule has 4 N–H and O–H groups in total. The number of aryl methyl sites for hydroxylation is 1. The molecule has 0 radical (unpaired) electrons. The molecule has 202 valence electrons. The van der Waals surface area contributed by atoms with Gasteiger partial charge in [0.15, 0.2) is 5.82 Å². The molecular weight excluding hydrogens is 498 g/mol. The molecule has 5 rings (SSSR count). The Morgan fingerprint density at radius 2 is 1.85 bits per heavy atom. The van der Waals surface area contributed by atoms with E-state index in [9.17, 15) is 9.59 Å². The number of anilines is 3. The molecule has 39 heavy (non-hydrogen) atoms. The van der Waals surface area contributed by atoms with Crippen LogP contribution in [0.25, 0.3) is 11.1 Å². The lowest BCUT2D eigenvalue weighted by Crippen LogP contribution is -2.22. The minimum Gasteiger partial charge on any atom is -0.493 e. The number of rotatable bonds is 10. The third kappa shape index (κ3) is 7.02. The number of benzene rings is 2. The van der Waals surface area contributed by atoms with Crippen molar-refractivity contribution in [3.05, 3.63) is 72.1 Å². The Bertz CT molecular complexity index is 1390. The second kappa shape index (κ2) is 12.3. The van der Waals surface area contributed by atoms with Crippen molar-refractivity contribution < 1.29 is 18.8 Å². The number of hydrogen-bond acceptors (Lipinski definition) is 7. The van der Waals surface area contributed by atoms with Crippen molar-refractivity contribution in [2.24, 2.45) is 0 Å². The molecule has 0 saturated carbocycles. The first-order valence-electron chi connectivity index (χ1n) is 13.0. The zero-order valence-electron chi connectivity index (χ0n) is 21.7. The van der Waals surface area contributed by atoms with Crippen molar-refractivity contribution in [2.45, 2.75) is 26.2 Å².